The summed E-state index contributed by atoms with van der Waals surface area (Å²) < 4.78 is 5.72. The van der Waals surface area contributed by atoms with E-state index in [9.17, 15) is 4.79 Å². The number of carbonyl (C=O) groups excluding carboxylic acids is 1. The summed E-state index contributed by atoms with van der Waals surface area (Å²) in [6.07, 6.45) is 3.98. The Morgan fingerprint density at radius 3 is 3.20 bits per heavy atom. The van der Waals surface area contributed by atoms with Gasteiger partial charge in [-0.1, -0.05) is 17.4 Å². The van der Waals surface area contributed by atoms with Crippen molar-refractivity contribution in [1.29, 1.82) is 0 Å². The van der Waals surface area contributed by atoms with Crippen molar-refractivity contribution in [2.24, 2.45) is 11.3 Å². The van der Waals surface area contributed by atoms with E-state index in [4.69, 9.17) is 4.74 Å². The van der Waals surface area contributed by atoms with Gasteiger partial charge >= 0.3 is 0 Å². The van der Waals surface area contributed by atoms with Crippen LogP contribution < -0.4 is 10.2 Å². The highest BCUT2D eigenvalue weighted by molar-refractivity contribution is 7.15. The van der Waals surface area contributed by atoms with Gasteiger partial charge < -0.3 is 15.0 Å². The molecule has 2 aromatic heterocycles. The molecule has 0 spiro atoms. The molecule has 2 aromatic rings. The summed E-state index contributed by atoms with van der Waals surface area (Å²) >= 11 is 1.60. The van der Waals surface area contributed by atoms with Crippen LogP contribution in [0.1, 0.15) is 17.0 Å². The molecule has 1 N–H and O–H groups in total. The number of anilines is 1. The lowest BCUT2D eigenvalue weighted by Gasteiger charge is -2.26. The molecule has 0 radical (unpaired) electrons. The van der Waals surface area contributed by atoms with Gasteiger partial charge in [-0.2, -0.15) is 0 Å². The lowest BCUT2D eigenvalue weighted by Crippen LogP contribution is -2.37. The van der Waals surface area contributed by atoms with Crippen molar-refractivity contribution >= 4 is 22.4 Å². The van der Waals surface area contributed by atoms with Crippen molar-refractivity contribution in [3.8, 4) is 0 Å². The number of ether oxygens (including phenoxy) is 1. The van der Waals surface area contributed by atoms with Crippen LogP contribution in [0.15, 0.2) is 24.5 Å². The molecule has 7 nitrogen and oxygen atoms in total. The van der Waals surface area contributed by atoms with E-state index in [1.54, 1.807) is 23.7 Å². The third kappa shape index (κ3) is 3.36. The molecule has 0 aliphatic carbocycles. The monoisotopic (exact) mass is 359 g/mol. The quantitative estimate of drug-likeness (QED) is 0.869. The Labute approximate surface area is 150 Å². The number of aryl methyl sites for hydroxylation is 1. The number of pyridine rings is 1. The average Bonchev–Trinajstić information content (AvgIpc) is 3.27. The highest BCUT2D eigenvalue weighted by Gasteiger charge is 2.52. The molecule has 2 atom stereocenters. The van der Waals surface area contributed by atoms with Crippen LogP contribution in [0.25, 0.3) is 0 Å². The Balaban J connectivity index is 1.40. The standard InChI is InChI=1S/C17H21N5O2S/c1-12-20-21-16(25-12)22-8-14-9-24-11-17(14,10-22)5-15(23)19-7-13-3-2-4-18-6-13/h2-4,6,14H,5,7-11H2,1H3,(H,19,23)/t14-,17+/m1/s1. The van der Waals surface area contributed by atoms with Gasteiger partial charge in [0.15, 0.2) is 0 Å². The summed E-state index contributed by atoms with van der Waals surface area (Å²) in [7, 11) is 0. The third-order valence-electron chi connectivity index (χ3n) is 5.03. The fraction of sp³-hybridized carbons (Fsp3) is 0.529. The zero-order chi connectivity index (χ0) is 17.3. The van der Waals surface area contributed by atoms with Gasteiger partial charge in [0, 0.05) is 49.8 Å². The normalized spacial score (nSPS) is 25.2. The van der Waals surface area contributed by atoms with Crippen molar-refractivity contribution < 1.29 is 9.53 Å². The zero-order valence-corrected chi connectivity index (χ0v) is 15.0. The second-order valence-corrected chi connectivity index (χ2v) is 8.03. The van der Waals surface area contributed by atoms with Crippen LogP contribution in [-0.2, 0) is 16.1 Å². The molecule has 2 fully saturated rings. The SMILES string of the molecule is Cc1nnc(N2C[C@@H]3COC[C@]3(CC(=O)NCc3cccnc3)C2)s1. The van der Waals surface area contributed by atoms with Gasteiger partial charge in [0.05, 0.1) is 13.2 Å². The predicted molar refractivity (Wildman–Crippen MR) is 94.3 cm³/mol. The first-order valence-corrected chi connectivity index (χ1v) is 9.25. The molecule has 0 unspecified atom stereocenters. The van der Waals surface area contributed by atoms with E-state index in [0.717, 1.165) is 28.8 Å². The van der Waals surface area contributed by atoms with Crippen LogP contribution >= 0.6 is 11.3 Å². The molecule has 2 aliphatic rings. The molecule has 1 amide bonds. The van der Waals surface area contributed by atoms with E-state index in [-0.39, 0.29) is 11.3 Å². The van der Waals surface area contributed by atoms with Crippen LogP contribution in [0.2, 0.25) is 0 Å². The van der Waals surface area contributed by atoms with E-state index >= 15 is 0 Å². The number of hydrogen-bond donors (Lipinski definition) is 1. The van der Waals surface area contributed by atoms with E-state index < -0.39 is 0 Å². The molecule has 25 heavy (non-hydrogen) atoms. The van der Waals surface area contributed by atoms with E-state index in [0.29, 0.717) is 32.1 Å². The summed E-state index contributed by atoms with van der Waals surface area (Å²) in [5, 5.41) is 13.3. The molecule has 132 valence electrons. The second kappa shape index (κ2) is 6.68. The maximum Gasteiger partial charge on any atom is 0.220 e. The summed E-state index contributed by atoms with van der Waals surface area (Å²) in [5.74, 6) is 0.426. The van der Waals surface area contributed by atoms with E-state index in [1.807, 2.05) is 19.1 Å². The third-order valence-corrected chi connectivity index (χ3v) is 5.93. The molecule has 0 saturated carbocycles. The van der Waals surface area contributed by atoms with Crippen molar-refractivity contribution in [3.05, 3.63) is 35.1 Å². The van der Waals surface area contributed by atoms with Crippen LogP contribution in [0.3, 0.4) is 0 Å². The van der Waals surface area contributed by atoms with E-state index in [2.05, 4.69) is 25.4 Å². The van der Waals surface area contributed by atoms with Crippen molar-refractivity contribution in [2.75, 3.05) is 31.2 Å². The maximum atomic E-state index is 12.5. The minimum Gasteiger partial charge on any atom is -0.380 e. The first kappa shape index (κ1) is 16.4. The predicted octanol–water partition coefficient (Wildman–Crippen LogP) is 1.40. The molecule has 4 heterocycles. The number of rotatable bonds is 5. The van der Waals surface area contributed by atoms with Gasteiger partial charge in [0.25, 0.3) is 0 Å². The second-order valence-electron chi connectivity index (χ2n) is 6.87. The summed E-state index contributed by atoms with van der Waals surface area (Å²) in [4.78, 5) is 18.9. The van der Waals surface area contributed by atoms with Gasteiger partial charge in [-0.15, -0.1) is 10.2 Å². The van der Waals surface area contributed by atoms with E-state index in [1.165, 1.54) is 0 Å². The smallest absolute Gasteiger partial charge is 0.220 e. The Morgan fingerprint density at radius 1 is 1.52 bits per heavy atom. The first-order chi connectivity index (χ1) is 12.1. The lowest BCUT2D eigenvalue weighted by molar-refractivity contribution is -0.123. The number of hydrogen-bond acceptors (Lipinski definition) is 7. The molecule has 4 rings (SSSR count). The van der Waals surface area contributed by atoms with Crippen molar-refractivity contribution in [1.82, 2.24) is 20.5 Å². The maximum absolute atomic E-state index is 12.5. The van der Waals surface area contributed by atoms with Crippen LogP contribution in [0.4, 0.5) is 5.13 Å². The van der Waals surface area contributed by atoms with Gasteiger partial charge in [-0.05, 0) is 18.6 Å². The Hall–Kier alpha value is -2.06. The summed E-state index contributed by atoms with van der Waals surface area (Å²) in [6.45, 7) is 5.49. The highest BCUT2D eigenvalue weighted by atomic mass is 32.1. The summed E-state index contributed by atoms with van der Waals surface area (Å²) in [6, 6.07) is 3.84. The number of fused-ring (bicyclic) bond motifs is 1. The van der Waals surface area contributed by atoms with Crippen LogP contribution in [0.5, 0.6) is 0 Å². The van der Waals surface area contributed by atoms with Crippen molar-refractivity contribution in [3.63, 3.8) is 0 Å². The fourth-order valence-corrected chi connectivity index (χ4v) is 4.42. The van der Waals surface area contributed by atoms with Gasteiger partial charge in [0.1, 0.15) is 5.01 Å². The molecule has 0 aromatic carbocycles. The summed E-state index contributed by atoms with van der Waals surface area (Å²) in [5.41, 5.74) is 0.878. The molecular weight excluding hydrogens is 338 g/mol. The number of aromatic nitrogens is 3. The Morgan fingerprint density at radius 2 is 2.44 bits per heavy atom. The molecule has 2 saturated heterocycles. The molecule has 0 bridgehead atoms. The number of nitrogens with one attached hydrogen (secondary N) is 1. The Kier molecular flexibility index (Phi) is 4.39. The number of amides is 1. The van der Waals surface area contributed by atoms with Gasteiger partial charge in [0.2, 0.25) is 11.0 Å². The first-order valence-electron chi connectivity index (χ1n) is 8.43. The molecule has 2 aliphatic heterocycles. The Bertz CT molecular complexity index is 753. The van der Waals surface area contributed by atoms with Crippen molar-refractivity contribution in [2.45, 2.75) is 19.9 Å². The number of carbonyl (C=O) groups is 1. The fourth-order valence-electron chi connectivity index (χ4n) is 3.73. The van der Waals surface area contributed by atoms with Crippen LogP contribution in [0, 0.1) is 18.3 Å². The highest BCUT2D eigenvalue weighted by Crippen LogP contribution is 2.45. The zero-order valence-electron chi connectivity index (χ0n) is 14.1. The lowest BCUT2D eigenvalue weighted by atomic mass is 9.78. The van der Waals surface area contributed by atoms with Crippen LogP contribution in [-0.4, -0.2) is 47.4 Å². The minimum atomic E-state index is -0.126. The number of nitrogens with zero attached hydrogens (tertiary/aromatic N) is 4. The molecule has 8 heteroatoms. The average molecular weight is 359 g/mol. The molecular formula is C17H21N5O2S. The largest absolute Gasteiger partial charge is 0.380 e. The topological polar surface area (TPSA) is 80.2 Å². The van der Waals surface area contributed by atoms with Gasteiger partial charge in [-0.25, -0.2) is 0 Å². The van der Waals surface area contributed by atoms with Gasteiger partial charge in [-0.3, -0.25) is 9.78 Å². The minimum absolute atomic E-state index is 0.0645.